The smallest absolute Gasteiger partial charge is 1.00 e. The van der Waals surface area contributed by atoms with Gasteiger partial charge in [0.15, 0.2) is 8.24 Å². The summed E-state index contributed by atoms with van der Waals surface area (Å²) in [5.41, 5.74) is 4.72. The second kappa shape index (κ2) is 8.73. The Hall–Kier alpha value is -0.0888. The molecule has 0 aliphatic heterocycles. The Morgan fingerprint density at radius 1 is 0.960 bits per heavy atom. The standard InChI is InChI=1S/C20H27NSi.2ClH.Ti/c1-14-13-16-12-11-15-9-7-8-10-17(15)18(16)19(14)22(5,6)21-20(2,3)4;;;/h7-12,21H,13H2,1-6H3;2*1H;/q;;;+2/p-2. The molecule has 0 saturated carbocycles. The van der Waals surface area contributed by atoms with Gasteiger partial charge >= 0.3 is 21.7 Å². The Labute approximate surface area is 180 Å². The van der Waals surface area contributed by atoms with Gasteiger partial charge < -0.3 is 29.8 Å². The molecule has 1 aliphatic rings. The largest absolute Gasteiger partial charge is 2.00 e. The van der Waals surface area contributed by atoms with E-state index in [1.54, 1.807) is 10.8 Å². The van der Waals surface area contributed by atoms with Crippen molar-refractivity contribution in [3.05, 3.63) is 53.1 Å². The van der Waals surface area contributed by atoms with Crippen molar-refractivity contribution in [2.75, 3.05) is 0 Å². The van der Waals surface area contributed by atoms with E-state index in [9.17, 15) is 0 Å². The van der Waals surface area contributed by atoms with Crippen LogP contribution in [0, 0.1) is 0 Å². The van der Waals surface area contributed by atoms with Crippen LogP contribution >= 0.6 is 0 Å². The Kier molecular flexibility index (Phi) is 8.70. The fraction of sp³-hybridized carbons (Fsp3) is 0.400. The number of hydrogen-bond acceptors (Lipinski definition) is 1. The SMILES string of the molecule is CC1=C([Si](C)(C)NC(C)(C)C)c2c(ccc3ccccc23)C1.[Cl-].[Cl-].[Ti+2]. The van der Waals surface area contributed by atoms with E-state index in [4.69, 9.17) is 0 Å². The predicted molar refractivity (Wildman–Crippen MR) is 101 cm³/mol. The van der Waals surface area contributed by atoms with Crippen molar-refractivity contribution in [1.82, 2.24) is 4.98 Å². The van der Waals surface area contributed by atoms with Crippen LogP contribution in [0.4, 0.5) is 0 Å². The van der Waals surface area contributed by atoms with Gasteiger partial charge in [-0.2, -0.15) is 0 Å². The van der Waals surface area contributed by atoms with Crippen LogP contribution in [0.5, 0.6) is 0 Å². The Morgan fingerprint density at radius 2 is 1.56 bits per heavy atom. The summed E-state index contributed by atoms with van der Waals surface area (Å²) in [6.45, 7) is 14.1. The number of hydrogen-bond donors (Lipinski definition) is 1. The molecule has 134 valence electrons. The van der Waals surface area contributed by atoms with E-state index >= 15 is 0 Å². The summed E-state index contributed by atoms with van der Waals surface area (Å²) in [6, 6.07) is 13.4. The predicted octanol–water partition coefficient (Wildman–Crippen LogP) is -0.693. The van der Waals surface area contributed by atoms with Crippen molar-refractivity contribution < 1.29 is 46.5 Å². The average Bonchev–Trinajstić information content (AvgIpc) is 2.73. The topological polar surface area (TPSA) is 12.0 Å². The summed E-state index contributed by atoms with van der Waals surface area (Å²) in [7, 11) is -1.71. The first-order valence-electron chi connectivity index (χ1n) is 8.20. The molecule has 0 amide bonds. The number of allylic oxidation sites excluding steroid dienone is 1. The molecular weight excluding hydrogens is 401 g/mol. The quantitative estimate of drug-likeness (QED) is 0.625. The van der Waals surface area contributed by atoms with E-state index in [2.05, 4.69) is 82.2 Å². The summed E-state index contributed by atoms with van der Waals surface area (Å²) >= 11 is 0. The van der Waals surface area contributed by atoms with E-state index in [1.165, 1.54) is 21.9 Å². The molecule has 1 aliphatic carbocycles. The monoisotopic (exact) mass is 427 g/mol. The molecule has 0 spiro atoms. The molecule has 0 atom stereocenters. The van der Waals surface area contributed by atoms with Gasteiger partial charge in [-0.15, -0.1) is 0 Å². The first-order chi connectivity index (χ1) is 10.2. The number of fused-ring (bicyclic) bond motifs is 3. The maximum absolute atomic E-state index is 3.95. The van der Waals surface area contributed by atoms with Crippen LogP contribution in [0.25, 0.3) is 16.0 Å². The van der Waals surface area contributed by atoms with Gasteiger partial charge in [-0.05, 0) is 61.2 Å². The number of nitrogens with one attached hydrogen (secondary N) is 1. The third-order valence-electron chi connectivity index (χ3n) is 4.46. The zero-order valence-corrected chi connectivity index (χ0v) is 20.0. The first-order valence-corrected chi connectivity index (χ1v) is 11.2. The van der Waals surface area contributed by atoms with Crippen LogP contribution in [0.3, 0.4) is 0 Å². The second-order valence-electron chi connectivity index (χ2n) is 8.15. The van der Waals surface area contributed by atoms with E-state index < -0.39 is 8.24 Å². The van der Waals surface area contributed by atoms with Gasteiger partial charge in [0.2, 0.25) is 0 Å². The van der Waals surface area contributed by atoms with E-state index in [0.29, 0.717) is 0 Å². The maximum Gasteiger partial charge on any atom is 2.00 e. The van der Waals surface area contributed by atoms with Gasteiger partial charge in [0.05, 0.1) is 0 Å². The summed E-state index contributed by atoms with van der Waals surface area (Å²) in [5.74, 6) is 0. The van der Waals surface area contributed by atoms with Gasteiger partial charge in [-0.1, -0.05) is 55.1 Å². The fourth-order valence-electron chi connectivity index (χ4n) is 4.19. The molecule has 0 bridgehead atoms. The van der Waals surface area contributed by atoms with Crippen LogP contribution in [-0.4, -0.2) is 13.8 Å². The van der Waals surface area contributed by atoms with E-state index in [0.717, 1.165) is 6.42 Å². The van der Waals surface area contributed by atoms with Gasteiger partial charge in [-0.3, -0.25) is 0 Å². The van der Waals surface area contributed by atoms with Crippen molar-refractivity contribution in [3.63, 3.8) is 0 Å². The number of rotatable bonds is 2. The van der Waals surface area contributed by atoms with Crippen LogP contribution in [-0.2, 0) is 28.1 Å². The Balaban J connectivity index is 0.00000192. The molecule has 1 nitrogen and oxygen atoms in total. The minimum atomic E-state index is -1.71. The molecule has 0 unspecified atom stereocenters. The van der Waals surface area contributed by atoms with Crippen LogP contribution < -0.4 is 29.8 Å². The third-order valence-corrected chi connectivity index (χ3v) is 7.76. The zero-order chi connectivity index (χ0) is 16.1. The molecule has 0 aromatic heterocycles. The number of benzene rings is 2. The van der Waals surface area contributed by atoms with Crippen LogP contribution in [0.1, 0.15) is 38.8 Å². The molecule has 1 N–H and O–H groups in total. The van der Waals surface area contributed by atoms with Gasteiger partial charge in [-0.25, -0.2) is 0 Å². The fourth-order valence-corrected chi connectivity index (χ4v) is 8.27. The average molecular weight is 428 g/mol. The second-order valence-corrected chi connectivity index (χ2v) is 12.2. The molecule has 5 heteroatoms. The van der Waals surface area contributed by atoms with Gasteiger partial charge in [0.25, 0.3) is 0 Å². The molecular formula is C20H27Cl2NSiTi. The van der Waals surface area contributed by atoms with E-state index in [-0.39, 0.29) is 52.1 Å². The van der Waals surface area contributed by atoms with Crippen LogP contribution in [0.2, 0.25) is 13.1 Å². The molecule has 0 saturated heterocycles. The molecule has 0 fully saturated rings. The summed E-state index contributed by atoms with van der Waals surface area (Å²) in [6.07, 6.45) is 1.11. The molecule has 25 heavy (non-hydrogen) atoms. The van der Waals surface area contributed by atoms with Crippen molar-refractivity contribution >= 4 is 24.2 Å². The van der Waals surface area contributed by atoms with Crippen LogP contribution in [0.15, 0.2) is 42.0 Å². The van der Waals surface area contributed by atoms with Crippen molar-refractivity contribution in [1.29, 1.82) is 0 Å². The molecule has 2 aromatic rings. The molecule has 0 radical (unpaired) electrons. The Bertz CT molecular complexity index is 779. The zero-order valence-electron chi connectivity index (χ0n) is 15.9. The summed E-state index contributed by atoms with van der Waals surface area (Å²) in [4.78, 5) is 3.95. The minimum Gasteiger partial charge on any atom is -1.00 e. The van der Waals surface area contributed by atoms with Crippen molar-refractivity contribution in [2.45, 2.75) is 52.7 Å². The van der Waals surface area contributed by atoms with Gasteiger partial charge in [0, 0.05) is 5.54 Å². The molecule has 2 aromatic carbocycles. The first kappa shape index (κ1) is 24.9. The van der Waals surface area contributed by atoms with E-state index in [1.807, 2.05) is 0 Å². The van der Waals surface area contributed by atoms with Crippen molar-refractivity contribution in [3.8, 4) is 0 Å². The third kappa shape index (κ3) is 5.00. The maximum atomic E-state index is 3.95. The summed E-state index contributed by atoms with van der Waals surface area (Å²) in [5, 5.41) is 4.39. The molecule has 0 heterocycles. The van der Waals surface area contributed by atoms with Crippen molar-refractivity contribution in [2.24, 2.45) is 0 Å². The normalized spacial score (nSPS) is 13.7. The van der Waals surface area contributed by atoms with Gasteiger partial charge in [0.1, 0.15) is 0 Å². The number of halogens is 2. The molecule has 3 rings (SSSR count). The summed E-state index contributed by atoms with van der Waals surface area (Å²) < 4.78 is 0. The Morgan fingerprint density at radius 3 is 2.16 bits per heavy atom. The minimum absolute atomic E-state index is 0.